The summed E-state index contributed by atoms with van der Waals surface area (Å²) in [5.74, 6) is -0.295. The van der Waals surface area contributed by atoms with Crippen LogP contribution in [-0.2, 0) is 4.79 Å². The lowest BCUT2D eigenvalue weighted by molar-refractivity contribution is -0.274. The Kier molecular flexibility index (Phi) is 5.22. The minimum absolute atomic E-state index is 0.245. The van der Waals surface area contributed by atoms with Gasteiger partial charge in [0.15, 0.2) is 0 Å². The highest BCUT2D eigenvalue weighted by Crippen LogP contribution is 2.36. The Hall–Kier alpha value is -1.24. The molecular weight excluding hydrogens is 329 g/mol. The van der Waals surface area contributed by atoms with Crippen LogP contribution < -0.4 is 9.47 Å². The topological polar surface area (TPSA) is 35.5 Å². The molecule has 1 rings (SSSR count). The Labute approximate surface area is 116 Å². The lowest BCUT2D eigenvalue weighted by atomic mass is 10.1. The number of alkyl halides is 4. The average Bonchev–Trinajstić information content (AvgIpc) is 2.28. The van der Waals surface area contributed by atoms with E-state index in [2.05, 4.69) is 20.7 Å². The summed E-state index contributed by atoms with van der Waals surface area (Å²) < 4.78 is 45.5. The molecule has 1 atom stereocenters. The third-order valence-corrected chi connectivity index (χ3v) is 3.28. The number of benzene rings is 1. The van der Waals surface area contributed by atoms with Gasteiger partial charge in [-0.25, -0.2) is 0 Å². The lowest BCUT2D eigenvalue weighted by Crippen LogP contribution is -2.17. The SMILES string of the molecule is CCOc1ccc(OC(F)(F)F)cc1C(Br)C(C)=O. The van der Waals surface area contributed by atoms with Crippen molar-refractivity contribution in [3.63, 3.8) is 0 Å². The van der Waals surface area contributed by atoms with Crippen LogP contribution in [0.25, 0.3) is 0 Å². The third-order valence-electron chi connectivity index (χ3n) is 2.14. The molecule has 0 aromatic heterocycles. The highest BCUT2D eigenvalue weighted by molar-refractivity contribution is 9.09. The highest BCUT2D eigenvalue weighted by Gasteiger charge is 2.31. The largest absolute Gasteiger partial charge is 0.573 e. The fraction of sp³-hybridized carbons (Fsp3) is 0.417. The van der Waals surface area contributed by atoms with Crippen molar-refractivity contribution in [1.82, 2.24) is 0 Å². The van der Waals surface area contributed by atoms with Crippen molar-refractivity contribution < 1.29 is 27.4 Å². The minimum Gasteiger partial charge on any atom is -0.494 e. The molecule has 7 heteroatoms. The van der Waals surface area contributed by atoms with Gasteiger partial charge in [-0.3, -0.25) is 4.79 Å². The van der Waals surface area contributed by atoms with Crippen molar-refractivity contribution in [2.45, 2.75) is 25.0 Å². The molecule has 19 heavy (non-hydrogen) atoms. The van der Waals surface area contributed by atoms with E-state index in [-0.39, 0.29) is 5.78 Å². The van der Waals surface area contributed by atoms with E-state index in [0.717, 1.165) is 12.1 Å². The van der Waals surface area contributed by atoms with Gasteiger partial charge in [0.2, 0.25) is 0 Å². The highest BCUT2D eigenvalue weighted by atomic mass is 79.9. The Morgan fingerprint density at radius 1 is 1.42 bits per heavy atom. The van der Waals surface area contributed by atoms with E-state index in [0.29, 0.717) is 17.9 Å². The molecule has 3 nitrogen and oxygen atoms in total. The molecule has 0 aliphatic rings. The van der Waals surface area contributed by atoms with Crippen LogP contribution in [0.1, 0.15) is 24.2 Å². The van der Waals surface area contributed by atoms with Gasteiger partial charge in [0.05, 0.1) is 6.61 Å². The van der Waals surface area contributed by atoms with Crippen molar-refractivity contribution in [1.29, 1.82) is 0 Å². The molecule has 0 heterocycles. The summed E-state index contributed by atoms with van der Waals surface area (Å²) in [5, 5.41) is 0. The second kappa shape index (κ2) is 6.27. The maximum absolute atomic E-state index is 12.1. The van der Waals surface area contributed by atoms with E-state index < -0.39 is 16.9 Å². The standard InChI is InChI=1S/C12H12BrF3O3/c1-3-18-10-5-4-8(19-12(14,15)16)6-9(10)11(13)7(2)17/h4-6,11H,3H2,1-2H3. The van der Waals surface area contributed by atoms with Gasteiger partial charge < -0.3 is 9.47 Å². The Bertz CT molecular complexity index is 460. The maximum Gasteiger partial charge on any atom is 0.573 e. The minimum atomic E-state index is -4.78. The summed E-state index contributed by atoms with van der Waals surface area (Å²) >= 11 is 3.12. The van der Waals surface area contributed by atoms with Crippen LogP contribution in [-0.4, -0.2) is 18.8 Å². The third kappa shape index (κ3) is 4.74. The van der Waals surface area contributed by atoms with Crippen molar-refractivity contribution in [2.75, 3.05) is 6.61 Å². The summed E-state index contributed by atoms with van der Waals surface area (Å²) in [6.45, 7) is 3.40. The average molecular weight is 341 g/mol. The number of carbonyl (C=O) groups is 1. The predicted octanol–water partition coefficient (Wildman–Crippen LogP) is 4.01. The molecular formula is C12H12BrF3O3. The van der Waals surface area contributed by atoms with Gasteiger partial charge in [0.25, 0.3) is 0 Å². The second-order valence-electron chi connectivity index (χ2n) is 3.65. The number of hydrogen-bond donors (Lipinski definition) is 0. The smallest absolute Gasteiger partial charge is 0.494 e. The van der Waals surface area contributed by atoms with Crippen LogP contribution >= 0.6 is 15.9 Å². The Morgan fingerprint density at radius 2 is 2.05 bits per heavy atom. The van der Waals surface area contributed by atoms with Crippen molar-refractivity contribution in [3.05, 3.63) is 23.8 Å². The molecule has 1 aromatic rings. The molecule has 0 saturated carbocycles. The number of halogens is 4. The zero-order chi connectivity index (χ0) is 14.6. The van der Waals surface area contributed by atoms with Gasteiger partial charge in [-0.2, -0.15) is 0 Å². The van der Waals surface area contributed by atoms with Crippen molar-refractivity contribution >= 4 is 21.7 Å². The number of hydrogen-bond acceptors (Lipinski definition) is 3. The fourth-order valence-corrected chi connectivity index (χ4v) is 1.79. The molecule has 0 bridgehead atoms. The Morgan fingerprint density at radius 3 is 2.53 bits per heavy atom. The molecule has 106 valence electrons. The molecule has 0 N–H and O–H groups in total. The molecule has 0 aliphatic heterocycles. The van der Waals surface area contributed by atoms with Crippen molar-refractivity contribution in [2.24, 2.45) is 0 Å². The number of Topliss-reactive ketones (excluding diaryl/α,β-unsaturated/α-hetero) is 1. The number of carbonyl (C=O) groups excluding carboxylic acids is 1. The van der Waals surface area contributed by atoms with Gasteiger partial charge in [-0.05, 0) is 32.0 Å². The van der Waals surface area contributed by atoms with E-state index in [4.69, 9.17) is 4.74 Å². The summed E-state index contributed by atoms with van der Waals surface area (Å²) in [6, 6.07) is 3.62. The van der Waals surface area contributed by atoms with Crippen LogP contribution in [0.15, 0.2) is 18.2 Å². The quantitative estimate of drug-likeness (QED) is 0.759. The molecule has 1 unspecified atom stereocenters. The summed E-state index contributed by atoms with van der Waals surface area (Å²) in [7, 11) is 0. The first-order chi connectivity index (χ1) is 8.74. The molecule has 0 amide bonds. The van der Waals surface area contributed by atoms with E-state index in [9.17, 15) is 18.0 Å². The van der Waals surface area contributed by atoms with Crippen LogP contribution in [0.5, 0.6) is 11.5 Å². The first-order valence-corrected chi connectivity index (χ1v) is 6.33. The second-order valence-corrected chi connectivity index (χ2v) is 4.57. The Balaban J connectivity index is 3.14. The van der Waals surface area contributed by atoms with Gasteiger partial charge in [-0.15, -0.1) is 13.2 Å². The number of ketones is 1. The zero-order valence-electron chi connectivity index (χ0n) is 10.3. The lowest BCUT2D eigenvalue weighted by Gasteiger charge is -2.16. The first kappa shape index (κ1) is 15.8. The molecule has 0 spiro atoms. The van der Waals surface area contributed by atoms with Crippen LogP contribution in [0, 0.1) is 0 Å². The first-order valence-electron chi connectivity index (χ1n) is 5.41. The van der Waals surface area contributed by atoms with Gasteiger partial charge in [-0.1, -0.05) is 15.9 Å². The van der Waals surface area contributed by atoms with E-state index in [1.54, 1.807) is 6.92 Å². The van der Waals surface area contributed by atoms with Gasteiger partial charge in [0, 0.05) is 5.56 Å². The van der Waals surface area contributed by atoms with E-state index in [1.165, 1.54) is 13.0 Å². The molecule has 0 radical (unpaired) electrons. The van der Waals surface area contributed by atoms with Gasteiger partial charge >= 0.3 is 6.36 Å². The number of rotatable bonds is 5. The molecule has 0 fully saturated rings. The monoisotopic (exact) mass is 340 g/mol. The summed E-state index contributed by atoms with van der Waals surface area (Å²) in [4.78, 5) is 10.6. The summed E-state index contributed by atoms with van der Waals surface area (Å²) in [5.41, 5.74) is 0.302. The van der Waals surface area contributed by atoms with Crippen LogP contribution in [0.2, 0.25) is 0 Å². The molecule has 1 aromatic carbocycles. The number of ether oxygens (including phenoxy) is 2. The predicted molar refractivity (Wildman–Crippen MR) is 66.6 cm³/mol. The maximum atomic E-state index is 12.1. The van der Waals surface area contributed by atoms with E-state index in [1.807, 2.05) is 0 Å². The van der Waals surface area contributed by atoms with E-state index >= 15 is 0 Å². The van der Waals surface area contributed by atoms with Gasteiger partial charge in [0.1, 0.15) is 22.1 Å². The summed E-state index contributed by atoms with van der Waals surface area (Å²) in [6.07, 6.45) is -4.78. The molecule has 0 saturated heterocycles. The fourth-order valence-electron chi connectivity index (χ4n) is 1.43. The van der Waals surface area contributed by atoms with Crippen molar-refractivity contribution in [3.8, 4) is 11.5 Å². The van der Waals surface area contributed by atoms with Crippen LogP contribution in [0.4, 0.5) is 13.2 Å². The van der Waals surface area contributed by atoms with Crippen LogP contribution in [0.3, 0.4) is 0 Å². The molecule has 0 aliphatic carbocycles. The zero-order valence-corrected chi connectivity index (χ0v) is 11.8. The normalized spacial score (nSPS) is 12.9.